The Bertz CT molecular complexity index is 1510. The van der Waals surface area contributed by atoms with Crippen LogP contribution in [0.25, 0.3) is 0 Å². The molecule has 0 saturated carbocycles. The number of hydrogen-bond donors (Lipinski definition) is 0. The van der Waals surface area contributed by atoms with Crippen molar-refractivity contribution in [1.82, 2.24) is 14.7 Å². The molecule has 6 rings (SSSR count). The van der Waals surface area contributed by atoms with Crippen molar-refractivity contribution in [3.05, 3.63) is 107 Å². The lowest BCUT2D eigenvalue weighted by Gasteiger charge is -2.60. The molecule has 39 heavy (non-hydrogen) atoms. The fraction of sp³-hybridized carbons (Fsp3) is 0.312. The lowest BCUT2D eigenvalue weighted by molar-refractivity contribution is 0.0522. The second-order valence-electron chi connectivity index (χ2n) is 10.9. The zero-order chi connectivity index (χ0) is 27.0. The van der Waals surface area contributed by atoms with E-state index < -0.39 is 16.7 Å². The topological polar surface area (TPSA) is 69.7 Å². The molecule has 0 unspecified atom stereocenters. The van der Waals surface area contributed by atoms with E-state index >= 15 is 0 Å². The van der Waals surface area contributed by atoms with Gasteiger partial charge in [0.05, 0.1) is 25.5 Å². The first-order chi connectivity index (χ1) is 19.0. The van der Waals surface area contributed by atoms with Gasteiger partial charge in [-0.1, -0.05) is 97.1 Å². The van der Waals surface area contributed by atoms with Gasteiger partial charge in [-0.25, -0.2) is 0 Å². The Morgan fingerprint density at radius 2 is 1.38 bits per heavy atom. The molecule has 0 aromatic heterocycles. The molecule has 194 valence electrons. The molecule has 0 aliphatic carbocycles. The lowest BCUT2D eigenvalue weighted by atomic mass is 9.53. The summed E-state index contributed by atoms with van der Waals surface area (Å²) >= 11 is 6.24. The van der Waals surface area contributed by atoms with Crippen LogP contribution < -0.4 is 0 Å². The number of likely N-dealkylation sites (tertiary alicyclic amines) is 1. The minimum absolute atomic E-state index is 0.406. The molecule has 7 heteroatoms. The highest BCUT2D eigenvalue weighted by atomic mass is 32.1. The molecular weight excluding hydrogens is 500 g/mol. The van der Waals surface area contributed by atoms with Crippen LogP contribution in [-0.2, 0) is 13.1 Å². The standard InChI is InChI=1S/C32H30N6S/c1-24-10-8-9-15-27(24)28-31(18-33)20-36(16-25-11-4-2-5-12-25)21-32(28,19-34)30(39)38-23-37(22-35-29(31)38)17-26-13-6-3-7-14-26/h2-15,28H,16-17,20-23H2,1H3/t28-,31-,32-/m1/s1. The van der Waals surface area contributed by atoms with Crippen molar-refractivity contribution in [2.75, 3.05) is 26.4 Å². The molecule has 3 aromatic carbocycles. The van der Waals surface area contributed by atoms with Crippen LogP contribution in [0.4, 0.5) is 0 Å². The third kappa shape index (κ3) is 4.15. The number of thiocarbonyl (C=S) groups is 1. The number of benzene rings is 3. The molecule has 3 aliphatic rings. The van der Waals surface area contributed by atoms with E-state index in [2.05, 4.69) is 65.3 Å². The number of amidine groups is 1. The number of hydrogen-bond acceptors (Lipinski definition) is 6. The van der Waals surface area contributed by atoms with Crippen molar-refractivity contribution < 1.29 is 0 Å². The van der Waals surface area contributed by atoms with Gasteiger partial charge in [-0.2, -0.15) is 10.5 Å². The van der Waals surface area contributed by atoms with Gasteiger partial charge in [0, 0.05) is 32.1 Å². The Labute approximate surface area is 235 Å². The van der Waals surface area contributed by atoms with E-state index in [9.17, 15) is 10.5 Å². The quantitative estimate of drug-likeness (QED) is 0.428. The fourth-order valence-corrected chi connectivity index (χ4v) is 7.11. The van der Waals surface area contributed by atoms with Crippen molar-refractivity contribution >= 4 is 23.0 Å². The van der Waals surface area contributed by atoms with Crippen LogP contribution in [0.15, 0.2) is 89.9 Å². The van der Waals surface area contributed by atoms with Crippen LogP contribution in [0.3, 0.4) is 0 Å². The lowest BCUT2D eigenvalue weighted by Crippen LogP contribution is -2.73. The number of nitrogens with zero attached hydrogens (tertiary/aromatic N) is 6. The van der Waals surface area contributed by atoms with Crippen LogP contribution >= 0.6 is 12.2 Å². The summed E-state index contributed by atoms with van der Waals surface area (Å²) in [6, 6.07) is 34.1. The number of nitriles is 2. The van der Waals surface area contributed by atoms with E-state index in [4.69, 9.17) is 17.2 Å². The van der Waals surface area contributed by atoms with E-state index in [1.54, 1.807) is 0 Å². The predicted octanol–water partition coefficient (Wildman–Crippen LogP) is 5.09. The van der Waals surface area contributed by atoms with Crippen molar-refractivity contribution in [2.45, 2.75) is 25.9 Å². The van der Waals surface area contributed by atoms with Crippen LogP contribution in [0.5, 0.6) is 0 Å². The van der Waals surface area contributed by atoms with Gasteiger partial charge in [-0.05, 0) is 29.2 Å². The average molecular weight is 531 g/mol. The minimum Gasteiger partial charge on any atom is -0.308 e. The second kappa shape index (κ2) is 10.0. The van der Waals surface area contributed by atoms with Crippen LogP contribution in [0.2, 0.25) is 0 Å². The fourth-order valence-electron chi connectivity index (χ4n) is 6.74. The minimum atomic E-state index is -1.06. The molecule has 3 aliphatic heterocycles. The normalized spacial score (nSPS) is 26.7. The third-order valence-corrected chi connectivity index (χ3v) is 8.96. The Hall–Kier alpha value is -3.88. The van der Waals surface area contributed by atoms with E-state index in [0.29, 0.717) is 43.8 Å². The summed E-state index contributed by atoms with van der Waals surface area (Å²) in [5.74, 6) is 0.299. The SMILES string of the molecule is Cc1ccccc1[C@H]1[C@@]2(C#N)CN(Cc3ccccc3)C[C@@]1(C#N)C1=NCN(Cc3ccccc3)CN1C2=S. The maximum Gasteiger partial charge on any atom is 0.136 e. The first kappa shape index (κ1) is 25.4. The molecule has 0 spiro atoms. The van der Waals surface area contributed by atoms with Gasteiger partial charge in [0.15, 0.2) is 0 Å². The molecular formula is C32H30N6S. The van der Waals surface area contributed by atoms with Gasteiger partial charge >= 0.3 is 0 Å². The third-order valence-electron chi connectivity index (χ3n) is 8.37. The summed E-state index contributed by atoms with van der Waals surface area (Å²) in [4.78, 5) is 12.1. The molecule has 3 aromatic rings. The average Bonchev–Trinajstić information content (AvgIpc) is 2.97. The Morgan fingerprint density at radius 3 is 2.00 bits per heavy atom. The molecule has 2 fully saturated rings. The monoisotopic (exact) mass is 530 g/mol. The van der Waals surface area contributed by atoms with Crippen molar-refractivity contribution in [1.29, 1.82) is 10.5 Å². The molecule has 0 radical (unpaired) electrons. The van der Waals surface area contributed by atoms with E-state index in [0.717, 1.165) is 23.2 Å². The van der Waals surface area contributed by atoms with E-state index in [-0.39, 0.29) is 0 Å². The highest BCUT2D eigenvalue weighted by Crippen LogP contribution is 2.58. The van der Waals surface area contributed by atoms with Gasteiger partial charge in [-0.3, -0.25) is 14.8 Å². The zero-order valence-electron chi connectivity index (χ0n) is 22.0. The Morgan fingerprint density at radius 1 is 0.821 bits per heavy atom. The van der Waals surface area contributed by atoms with Crippen LogP contribution in [0.1, 0.15) is 28.2 Å². The highest BCUT2D eigenvalue weighted by Gasteiger charge is 2.68. The summed E-state index contributed by atoms with van der Waals surface area (Å²) < 4.78 is 0. The molecule has 0 amide bonds. The number of aryl methyl sites for hydroxylation is 1. The number of aliphatic imine (C=N–C) groups is 1. The maximum absolute atomic E-state index is 11.1. The molecule has 2 saturated heterocycles. The number of piperidine rings is 2. The maximum atomic E-state index is 11.1. The molecule has 3 atom stereocenters. The first-order valence-electron chi connectivity index (χ1n) is 13.3. The van der Waals surface area contributed by atoms with Crippen molar-refractivity contribution in [3.8, 4) is 12.1 Å². The first-order valence-corrected chi connectivity index (χ1v) is 13.7. The number of rotatable bonds is 5. The summed E-state index contributed by atoms with van der Waals surface area (Å²) in [6.07, 6.45) is 0. The summed E-state index contributed by atoms with van der Waals surface area (Å²) in [7, 11) is 0. The van der Waals surface area contributed by atoms with Gasteiger partial charge in [0.1, 0.15) is 21.7 Å². The van der Waals surface area contributed by atoms with Crippen molar-refractivity contribution in [3.63, 3.8) is 0 Å². The largest absolute Gasteiger partial charge is 0.308 e. The molecule has 2 bridgehead atoms. The summed E-state index contributed by atoms with van der Waals surface area (Å²) in [6.45, 7) is 5.35. The number of fused-ring (bicyclic) bond motifs is 4. The van der Waals surface area contributed by atoms with E-state index in [1.807, 2.05) is 53.4 Å². The van der Waals surface area contributed by atoms with Gasteiger partial charge < -0.3 is 4.90 Å². The summed E-state index contributed by atoms with van der Waals surface area (Å²) in [5.41, 5.74) is 2.34. The zero-order valence-corrected chi connectivity index (χ0v) is 22.8. The highest BCUT2D eigenvalue weighted by molar-refractivity contribution is 7.80. The summed E-state index contributed by atoms with van der Waals surface area (Å²) in [5, 5.41) is 22.1. The Kier molecular flexibility index (Phi) is 6.53. The van der Waals surface area contributed by atoms with Gasteiger partial charge in [-0.15, -0.1) is 0 Å². The van der Waals surface area contributed by atoms with Crippen LogP contribution in [0, 0.1) is 40.4 Å². The smallest absolute Gasteiger partial charge is 0.136 e. The van der Waals surface area contributed by atoms with Crippen molar-refractivity contribution in [2.24, 2.45) is 15.8 Å². The molecule has 6 nitrogen and oxygen atoms in total. The Balaban J connectivity index is 1.47. The molecule has 0 N–H and O–H groups in total. The van der Waals surface area contributed by atoms with E-state index in [1.165, 1.54) is 5.56 Å². The van der Waals surface area contributed by atoms with Gasteiger partial charge in [0.25, 0.3) is 0 Å². The second-order valence-corrected chi connectivity index (χ2v) is 11.3. The molecule has 3 heterocycles. The predicted molar refractivity (Wildman–Crippen MR) is 155 cm³/mol. The van der Waals surface area contributed by atoms with Gasteiger partial charge in [0.2, 0.25) is 0 Å². The van der Waals surface area contributed by atoms with Crippen LogP contribution in [-0.4, -0.2) is 52.0 Å².